The molecule has 0 spiro atoms. The fourth-order valence-electron chi connectivity index (χ4n) is 6.22. The number of H-pyrrole nitrogens is 1. The maximum Gasteiger partial charge on any atom is 0.256 e. The van der Waals surface area contributed by atoms with E-state index in [1.54, 1.807) is 13.0 Å². The summed E-state index contributed by atoms with van der Waals surface area (Å²) < 4.78 is 7.67. The van der Waals surface area contributed by atoms with Crippen LogP contribution < -0.4 is 15.6 Å². The Morgan fingerprint density at radius 3 is 2.44 bits per heavy atom. The number of ether oxygens (including phenoxy) is 1. The van der Waals surface area contributed by atoms with E-state index < -0.39 is 0 Å². The molecule has 0 radical (unpaired) electrons. The Morgan fingerprint density at radius 2 is 1.73 bits per heavy atom. The molecule has 5 rings (SSSR count). The van der Waals surface area contributed by atoms with Crippen LogP contribution in [0.25, 0.3) is 10.9 Å². The Balaban J connectivity index is 1.33. The number of para-hydroxylation sites is 1. The highest BCUT2D eigenvalue weighted by molar-refractivity contribution is 6.08. The van der Waals surface area contributed by atoms with Crippen LogP contribution in [0.3, 0.4) is 0 Å². The van der Waals surface area contributed by atoms with Crippen molar-refractivity contribution >= 4 is 22.7 Å². The van der Waals surface area contributed by atoms with Crippen molar-refractivity contribution in [1.29, 1.82) is 0 Å². The molecule has 1 unspecified atom stereocenters. The summed E-state index contributed by atoms with van der Waals surface area (Å²) in [6.07, 6.45) is 2.25. The fourth-order valence-corrected chi connectivity index (χ4v) is 6.22. The molecule has 2 aromatic heterocycles. The molecule has 1 aliphatic heterocycles. The Labute approximate surface area is 240 Å². The van der Waals surface area contributed by atoms with E-state index in [2.05, 4.69) is 27.9 Å². The predicted molar refractivity (Wildman–Crippen MR) is 160 cm³/mol. The predicted octanol–water partition coefficient (Wildman–Crippen LogP) is 4.93. The summed E-state index contributed by atoms with van der Waals surface area (Å²) in [5.41, 5.74) is 4.36. The van der Waals surface area contributed by atoms with Crippen molar-refractivity contribution in [2.45, 2.75) is 52.6 Å². The van der Waals surface area contributed by atoms with Crippen molar-refractivity contribution in [1.82, 2.24) is 19.8 Å². The lowest BCUT2D eigenvalue weighted by molar-refractivity contribution is -0.132. The van der Waals surface area contributed by atoms with Crippen molar-refractivity contribution < 1.29 is 14.3 Å². The standard InChI is InChI=1S/C33H38N4O4/c1-21-18-29(41-4)27(32(39)35-21)20-34-33(40)31-23(3)37(28-13-9-8-12-26(28)31)22(2)25-14-16-36(17-15-25)30(38)19-24-10-6-5-7-11-24/h5-13,18,22,25H,14-17,19-20H2,1-4H3,(H,34,40)(H,35,39). The fraction of sp³-hybridized carbons (Fsp3) is 0.364. The zero-order chi connectivity index (χ0) is 29.1. The topological polar surface area (TPSA) is 96.4 Å². The number of nitrogens with zero attached hydrogens (tertiary/aromatic N) is 2. The average molecular weight is 555 g/mol. The Hall–Kier alpha value is -4.33. The van der Waals surface area contributed by atoms with Gasteiger partial charge in [-0.3, -0.25) is 14.4 Å². The quantitative estimate of drug-likeness (QED) is 0.323. The van der Waals surface area contributed by atoms with Crippen LogP contribution in [0.15, 0.2) is 65.5 Å². The van der Waals surface area contributed by atoms with Crippen LogP contribution in [0.2, 0.25) is 0 Å². The molecule has 4 aromatic rings. The van der Waals surface area contributed by atoms with Crippen LogP contribution in [0.4, 0.5) is 0 Å². The maximum absolute atomic E-state index is 13.6. The third-order valence-corrected chi connectivity index (χ3v) is 8.44. The first-order valence-corrected chi connectivity index (χ1v) is 14.2. The van der Waals surface area contributed by atoms with Gasteiger partial charge in [0.25, 0.3) is 11.5 Å². The first-order chi connectivity index (χ1) is 19.8. The summed E-state index contributed by atoms with van der Waals surface area (Å²) in [5, 5.41) is 3.84. The number of aromatic amines is 1. The molecule has 1 saturated heterocycles. The van der Waals surface area contributed by atoms with Crippen LogP contribution >= 0.6 is 0 Å². The molecule has 2 aromatic carbocycles. The molecule has 0 saturated carbocycles. The van der Waals surface area contributed by atoms with E-state index in [9.17, 15) is 14.4 Å². The highest BCUT2D eigenvalue weighted by Gasteiger charge is 2.30. The number of hydrogen-bond acceptors (Lipinski definition) is 4. The monoisotopic (exact) mass is 554 g/mol. The minimum atomic E-state index is -0.275. The van der Waals surface area contributed by atoms with Crippen molar-refractivity contribution in [2.75, 3.05) is 20.2 Å². The minimum absolute atomic E-state index is 0.0571. The zero-order valence-electron chi connectivity index (χ0n) is 24.2. The van der Waals surface area contributed by atoms with Crippen LogP contribution in [0.1, 0.15) is 58.7 Å². The van der Waals surface area contributed by atoms with E-state index >= 15 is 0 Å². The minimum Gasteiger partial charge on any atom is -0.496 e. The van der Waals surface area contributed by atoms with Gasteiger partial charge in [0.2, 0.25) is 5.91 Å². The van der Waals surface area contributed by atoms with Gasteiger partial charge in [-0.25, -0.2) is 0 Å². The molecule has 0 aliphatic carbocycles. The average Bonchev–Trinajstić information content (AvgIpc) is 3.28. The van der Waals surface area contributed by atoms with Crippen molar-refractivity contribution in [2.24, 2.45) is 5.92 Å². The lowest BCUT2D eigenvalue weighted by Gasteiger charge is -2.36. The van der Waals surface area contributed by atoms with E-state index in [0.717, 1.165) is 48.1 Å². The zero-order valence-corrected chi connectivity index (χ0v) is 24.2. The van der Waals surface area contributed by atoms with Crippen LogP contribution in [-0.2, 0) is 17.8 Å². The van der Waals surface area contributed by atoms with E-state index in [-0.39, 0.29) is 30.0 Å². The lowest BCUT2D eigenvalue weighted by Crippen LogP contribution is -2.41. The number of carbonyl (C=O) groups excluding carboxylic acids is 2. The molecular weight excluding hydrogens is 516 g/mol. The third kappa shape index (κ3) is 5.78. The molecule has 0 bridgehead atoms. The van der Waals surface area contributed by atoms with Gasteiger partial charge in [-0.1, -0.05) is 48.5 Å². The first kappa shape index (κ1) is 28.2. The lowest BCUT2D eigenvalue weighted by atomic mass is 9.89. The Kier molecular flexibility index (Phi) is 8.28. The van der Waals surface area contributed by atoms with Gasteiger partial charge in [0.15, 0.2) is 0 Å². The van der Waals surface area contributed by atoms with Crippen LogP contribution in [0, 0.1) is 19.8 Å². The summed E-state index contributed by atoms with van der Waals surface area (Å²) in [6, 6.07) is 19.8. The number of methoxy groups -OCH3 is 1. The largest absolute Gasteiger partial charge is 0.496 e. The van der Waals surface area contributed by atoms with Gasteiger partial charge in [0, 0.05) is 41.4 Å². The van der Waals surface area contributed by atoms with Gasteiger partial charge < -0.3 is 24.5 Å². The first-order valence-electron chi connectivity index (χ1n) is 14.2. The second-order valence-electron chi connectivity index (χ2n) is 11.0. The Morgan fingerprint density at radius 1 is 1.05 bits per heavy atom. The summed E-state index contributed by atoms with van der Waals surface area (Å²) in [6.45, 7) is 7.52. The second kappa shape index (κ2) is 12.0. The molecule has 1 atom stereocenters. The maximum atomic E-state index is 13.6. The summed E-state index contributed by atoms with van der Waals surface area (Å²) in [5.74, 6) is 0.769. The van der Waals surface area contributed by atoms with E-state index in [4.69, 9.17) is 4.74 Å². The van der Waals surface area contributed by atoms with Gasteiger partial charge in [-0.15, -0.1) is 0 Å². The highest BCUT2D eigenvalue weighted by atomic mass is 16.5. The molecular formula is C33H38N4O4. The van der Waals surface area contributed by atoms with E-state index in [0.29, 0.717) is 34.9 Å². The summed E-state index contributed by atoms with van der Waals surface area (Å²) >= 11 is 0. The van der Waals surface area contributed by atoms with Gasteiger partial charge in [-0.05, 0) is 57.2 Å². The van der Waals surface area contributed by atoms with Crippen LogP contribution in [0.5, 0.6) is 5.75 Å². The SMILES string of the molecule is COc1cc(C)[nH]c(=O)c1CNC(=O)c1c(C)n(C(C)C2CCN(C(=O)Cc3ccccc3)CC2)c2ccccc12. The number of likely N-dealkylation sites (tertiary alicyclic amines) is 1. The molecule has 214 valence electrons. The third-order valence-electron chi connectivity index (χ3n) is 8.44. The van der Waals surface area contributed by atoms with Crippen LogP contribution in [-0.4, -0.2) is 46.5 Å². The van der Waals surface area contributed by atoms with Crippen molar-refractivity contribution in [3.8, 4) is 5.75 Å². The number of nitrogens with one attached hydrogen (secondary N) is 2. The molecule has 2 amide bonds. The van der Waals surface area contributed by atoms with E-state index in [1.807, 2.05) is 60.4 Å². The normalized spacial score (nSPS) is 14.7. The number of benzene rings is 2. The number of carbonyl (C=O) groups is 2. The smallest absolute Gasteiger partial charge is 0.256 e. The molecule has 3 heterocycles. The molecule has 41 heavy (non-hydrogen) atoms. The van der Waals surface area contributed by atoms with Gasteiger partial charge in [-0.2, -0.15) is 0 Å². The van der Waals surface area contributed by atoms with E-state index in [1.165, 1.54) is 7.11 Å². The summed E-state index contributed by atoms with van der Waals surface area (Å²) in [7, 11) is 1.52. The number of piperidine rings is 1. The number of fused-ring (bicyclic) bond motifs is 1. The number of amides is 2. The van der Waals surface area contributed by atoms with Gasteiger partial charge in [0.05, 0.1) is 31.2 Å². The molecule has 1 aliphatic rings. The van der Waals surface area contributed by atoms with Gasteiger partial charge >= 0.3 is 0 Å². The van der Waals surface area contributed by atoms with Gasteiger partial charge in [0.1, 0.15) is 5.75 Å². The van der Waals surface area contributed by atoms with Crippen molar-refractivity contribution in [3.05, 3.63) is 99.1 Å². The molecule has 8 heteroatoms. The second-order valence-corrected chi connectivity index (χ2v) is 11.0. The number of hydrogen-bond donors (Lipinski definition) is 2. The number of aromatic nitrogens is 2. The number of rotatable bonds is 8. The number of pyridine rings is 1. The van der Waals surface area contributed by atoms with Crippen molar-refractivity contribution in [3.63, 3.8) is 0 Å². The highest BCUT2D eigenvalue weighted by Crippen LogP contribution is 2.36. The molecule has 2 N–H and O–H groups in total. The molecule has 8 nitrogen and oxygen atoms in total. The molecule has 1 fully saturated rings. The Bertz CT molecular complexity index is 1610. The number of aryl methyl sites for hydroxylation is 1. The summed E-state index contributed by atoms with van der Waals surface area (Å²) in [4.78, 5) is 43.8.